The Balaban J connectivity index is 1.41. The van der Waals surface area contributed by atoms with E-state index in [1.807, 2.05) is 19.1 Å². The van der Waals surface area contributed by atoms with Gasteiger partial charge in [-0.1, -0.05) is 71.6 Å². The van der Waals surface area contributed by atoms with Crippen molar-refractivity contribution < 1.29 is 9.53 Å². The van der Waals surface area contributed by atoms with Crippen molar-refractivity contribution in [2.24, 2.45) is 0 Å². The van der Waals surface area contributed by atoms with Crippen molar-refractivity contribution in [2.75, 3.05) is 11.9 Å². The number of hydrogen-bond acceptors (Lipinski definition) is 6. The predicted molar refractivity (Wildman–Crippen MR) is 119 cm³/mol. The maximum Gasteiger partial charge on any atom is 0.257 e. The third-order valence-electron chi connectivity index (χ3n) is 4.27. The van der Waals surface area contributed by atoms with Gasteiger partial charge in [-0.05, 0) is 41.5 Å². The second kappa shape index (κ2) is 9.07. The number of anilines is 1. The van der Waals surface area contributed by atoms with Gasteiger partial charge in [-0.3, -0.25) is 10.1 Å². The number of amides is 1. The molecular weight excluding hydrogens is 402 g/mol. The van der Waals surface area contributed by atoms with Gasteiger partial charge in [0.25, 0.3) is 5.91 Å². The first-order valence-corrected chi connectivity index (χ1v) is 11.0. The molecule has 5 nitrogen and oxygen atoms in total. The molecule has 0 spiro atoms. The summed E-state index contributed by atoms with van der Waals surface area (Å²) in [4.78, 5) is 12.5. The molecule has 146 valence electrons. The van der Waals surface area contributed by atoms with Crippen LogP contribution in [0.3, 0.4) is 0 Å². The maximum atomic E-state index is 12.5. The maximum absolute atomic E-state index is 12.5. The van der Waals surface area contributed by atoms with E-state index in [1.165, 1.54) is 27.7 Å². The normalized spacial score (nSPS) is 10.8. The topological polar surface area (TPSA) is 64.1 Å². The van der Waals surface area contributed by atoms with Gasteiger partial charge < -0.3 is 4.74 Å². The number of fused-ring (bicyclic) bond motifs is 1. The lowest BCUT2D eigenvalue weighted by Gasteiger charge is -2.05. The minimum Gasteiger partial charge on any atom is -0.494 e. The van der Waals surface area contributed by atoms with Crippen molar-refractivity contribution in [1.29, 1.82) is 0 Å². The number of rotatable bonds is 7. The highest BCUT2D eigenvalue weighted by Gasteiger charge is 2.12. The number of carbonyl (C=O) groups excluding carboxylic acids is 1. The first-order chi connectivity index (χ1) is 14.2. The predicted octanol–water partition coefficient (Wildman–Crippen LogP) is 5.63. The molecule has 0 saturated heterocycles. The van der Waals surface area contributed by atoms with Crippen LogP contribution in [0.5, 0.6) is 5.75 Å². The van der Waals surface area contributed by atoms with E-state index in [0.29, 0.717) is 23.1 Å². The summed E-state index contributed by atoms with van der Waals surface area (Å²) in [6.45, 7) is 2.46. The molecule has 3 aromatic carbocycles. The molecule has 0 atom stereocenters. The minimum atomic E-state index is -0.228. The van der Waals surface area contributed by atoms with Crippen molar-refractivity contribution in [2.45, 2.75) is 17.0 Å². The van der Waals surface area contributed by atoms with E-state index in [0.717, 1.165) is 10.1 Å². The van der Waals surface area contributed by atoms with Crippen LogP contribution in [0.4, 0.5) is 5.13 Å². The van der Waals surface area contributed by atoms with Crippen LogP contribution in [0.25, 0.3) is 10.8 Å². The molecule has 0 saturated carbocycles. The van der Waals surface area contributed by atoms with Gasteiger partial charge in [-0.25, -0.2) is 0 Å². The molecule has 7 heteroatoms. The van der Waals surface area contributed by atoms with Crippen LogP contribution < -0.4 is 10.1 Å². The standard InChI is InChI=1S/C22H19N3O2S2/c1-2-27-18-11-6-9-16(13-18)20(26)23-21-24-25-22(29-21)28-14-17-10-5-8-15-7-3-4-12-19(15)17/h3-13H,2,14H2,1H3,(H,23,24,26). The van der Waals surface area contributed by atoms with Crippen LogP contribution in [0, 0.1) is 0 Å². The molecule has 1 amide bonds. The number of ether oxygens (including phenoxy) is 1. The largest absolute Gasteiger partial charge is 0.494 e. The van der Waals surface area contributed by atoms with Crippen LogP contribution in [0.15, 0.2) is 71.1 Å². The van der Waals surface area contributed by atoms with Gasteiger partial charge in [0.2, 0.25) is 5.13 Å². The molecule has 1 heterocycles. The summed E-state index contributed by atoms with van der Waals surface area (Å²) in [5.41, 5.74) is 1.78. The molecule has 0 aliphatic carbocycles. The molecule has 0 bridgehead atoms. The Kier molecular flexibility index (Phi) is 6.07. The molecule has 1 aromatic heterocycles. The van der Waals surface area contributed by atoms with E-state index in [4.69, 9.17) is 4.74 Å². The van der Waals surface area contributed by atoms with Crippen molar-refractivity contribution in [3.8, 4) is 5.75 Å². The van der Waals surface area contributed by atoms with Crippen LogP contribution >= 0.6 is 23.1 Å². The van der Waals surface area contributed by atoms with E-state index in [9.17, 15) is 4.79 Å². The smallest absolute Gasteiger partial charge is 0.257 e. The SMILES string of the molecule is CCOc1cccc(C(=O)Nc2nnc(SCc3cccc4ccccc34)s2)c1. The summed E-state index contributed by atoms with van der Waals surface area (Å²) < 4.78 is 6.26. The van der Waals surface area contributed by atoms with Gasteiger partial charge in [-0.15, -0.1) is 10.2 Å². The Morgan fingerprint density at radius 2 is 1.90 bits per heavy atom. The summed E-state index contributed by atoms with van der Waals surface area (Å²) in [6, 6.07) is 21.7. The van der Waals surface area contributed by atoms with Gasteiger partial charge >= 0.3 is 0 Å². The second-order valence-electron chi connectivity index (χ2n) is 6.22. The lowest BCUT2D eigenvalue weighted by atomic mass is 10.1. The van der Waals surface area contributed by atoms with Crippen LogP contribution in [-0.4, -0.2) is 22.7 Å². The summed E-state index contributed by atoms with van der Waals surface area (Å²) >= 11 is 2.99. The summed E-state index contributed by atoms with van der Waals surface area (Å²) in [5, 5.41) is 14.1. The van der Waals surface area contributed by atoms with E-state index >= 15 is 0 Å². The first kappa shape index (κ1) is 19.4. The van der Waals surface area contributed by atoms with E-state index in [2.05, 4.69) is 51.9 Å². The molecule has 1 N–H and O–H groups in total. The number of hydrogen-bond donors (Lipinski definition) is 1. The average Bonchev–Trinajstić information content (AvgIpc) is 3.20. The lowest BCUT2D eigenvalue weighted by Crippen LogP contribution is -2.11. The zero-order valence-corrected chi connectivity index (χ0v) is 17.4. The lowest BCUT2D eigenvalue weighted by molar-refractivity contribution is 0.102. The molecule has 29 heavy (non-hydrogen) atoms. The number of thioether (sulfide) groups is 1. The van der Waals surface area contributed by atoms with Gasteiger partial charge in [0.1, 0.15) is 5.75 Å². The molecule has 0 unspecified atom stereocenters. The number of nitrogens with one attached hydrogen (secondary N) is 1. The zero-order chi connectivity index (χ0) is 20.1. The van der Waals surface area contributed by atoms with Crippen LogP contribution in [0.1, 0.15) is 22.8 Å². The van der Waals surface area contributed by atoms with Gasteiger partial charge in [0.05, 0.1) is 6.61 Å². The number of carbonyl (C=O) groups is 1. The molecule has 0 aliphatic rings. The molecule has 0 radical (unpaired) electrons. The molecular formula is C22H19N3O2S2. The number of aromatic nitrogens is 2. The second-order valence-corrected chi connectivity index (χ2v) is 8.42. The molecule has 4 rings (SSSR count). The molecule has 0 aliphatic heterocycles. The Labute approximate surface area is 177 Å². The van der Waals surface area contributed by atoms with Crippen molar-refractivity contribution in [3.05, 3.63) is 77.9 Å². The van der Waals surface area contributed by atoms with E-state index < -0.39 is 0 Å². The Hall–Kier alpha value is -2.90. The summed E-state index contributed by atoms with van der Waals surface area (Å²) in [6.07, 6.45) is 0. The quantitative estimate of drug-likeness (QED) is 0.309. The fourth-order valence-electron chi connectivity index (χ4n) is 2.94. The third-order valence-corrected chi connectivity index (χ3v) is 6.29. The Morgan fingerprint density at radius 1 is 1.07 bits per heavy atom. The monoisotopic (exact) mass is 421 g/mol. The Bertz CT molecular complexity index is 1140. The first-order valence-electron chi connectivity index (χ1n) is 9.20. The van der Waals surface area contributed by atoms with Crippen molar-refractivity contribution >= 4 is 44.9 Å². The third kappa shape index (κ3) is 4.75. The summed E-state index contributed by atoms with van der Waals surface area (Å²) in [5.74, 6) is 1.23. The fourth-order valence-corrected chi connectivity index (χ4v) is 4.69. The number of benzene rings is 3. The molecule has 4 aromatic rings. The number of nitrogens with zero attached hydrogens (tertiary/aromatic N) is 2. The van der Waals surface area contributed by atoms with Gasteiger partial charge in [0.15, 0.2) is 4.34 Å². The minimum absolute atomic E-state index is 0.228. The van der Waals surface area contributed by atoms with Crippen molar-refractivity contribution in [1.82, 2.24) is 10.2 Å². The highest BCUT2D eigenvalue weighted by Crippen LogP contribution is 2.31. The van der Waals surface area contributed by atoms with Crippen LogP contribution in [-0.2, 0) is 5.75 Å². The highest BCUT2D eigenvalue weighted by molar-refractivity contribution is 8.00. The fraction of sp³-hybridized carbons (Fsp3) is 0.136. The zero-order valence-electron chi connectivity index (χ0n) is 15.8. The summed E-state index contributed by atoms with van der Waals surface area (Å²) in [7, 11) is 0. The van der Waals surface area contributed by atoms with Crippen molar-refractivity contribution in [3.63, 3.8) is 0 Å². The van der Waals surface area contributed by atoms with Gasteiger partial charge in [-0.2, -0.15) is 0 Å². The Morgan fingerprint density at radius 3 is 2.79 bits per heavy atom. The van der Waals surface area contributed by atoms with E-state index in [-0.39, 0.29) is 5.91 Å². The highest BCUT2D eigenvalue weighted by atomic mass is 32.2. The molecule has 0 fully saturated rings. The van der Waals surface area contributed by atoms with Crippen LogP contribution in [0.2, 0.25) is 0 Å². The average molecular weight is 422 g/mol. The van der Waals surface area contributed by atoms with E-state index in [1.54, 1.807) is 30.0 Å². The van der Waals surface area contributed by atoms with Gasteiger partial charge in [0, 0.05) is 11.3 Å².